The number of carbonyl (C=O) groups excluding carboxylic acids is 1. The van der Waals surface area contributed by atoms with Crippen molar-refractivity contribution in [3.63, 3.8) is 0 Å². The monoisotopic (exact) mass is 218 g/mol. The van der Waals surface area contributed by atoms with Gasteiger partial charge < -0.3 is 0 Å². The molecule has 3 atom stereocenters. The second-order valence-electron chi connectivity index (χ2n) is 5.77. The molecule has 2 rings (SSSR count). The molecule has 0 amide bonds. The first-order chi connectivity index (χ1) is 7.50. The molecule has 0 bridgehead atoms. The smallest absolute Gasteiger partial charge is 0.159 e. The summed E-state index contributed by atoms with van der Waals surface area (Å²) in [7, 11) is 0. The molecule has 0 radical (unpaired) electrons. The molecular weight excluding hydrogens is 196 g/mol. The van der Waals surface area contributed by atoms with E-state index in [4.69, 9.17) is 0 Å². The van der Waals surface area contributed by atoms with E-state index < -0.39 is 0 Å². The number of hydrogen-bond donors (Lipinski definition) is 0. The van der Waals surface area contributed by atoms with Crippen LogP contribution in [0.1, 0.15) is 47.0 Å². The minimum atomic E-state index is 0.266. The van der Waals surface area contributed by atoms with Crippen LogP contribution in [0.5, 0.6) is 0 Å². The van der Waals surface area contributed by atoms with E-state index in [1.165, 1.54) is 24.0 Å². The minimum absolute atomic E-state index is 0.266. The highest BCUT2D eigenvalue weighted by Gasteiger charge is 2.40. The van der Waals surface area contributed by atoms with E-state index in [9.17, 15) is 4.79 Å². The molecule has 0 unspecified atom stereocenters. The molecule has 0 saturated heterocycles. The second kappa shape index (κ2) is 4.20. The molecule has 1 saturated carbocycles. The number of allylic oxidation sites excluding steroid dienone is 4. The first-order valence-corrected chi connectivity index (χ1v) is 6.38. The molecule has 0 aromatic carbocycles. The average Bonchev–Trinajstić information content (AvgIpc) is 2.15. The van der Waals surface area contributed by atoms with Gasteiger partial charge in [-0.25, -0.2) is 0 Å². The van der Waals surface area contributed by atoms with Gasteiger partial charge in [0.2, 0.25) is 0 Å². The standard InChI is InChI=1S/C15H22O/c1-9(2)12-6-5-11(4)15-13(12)7-10(3)8-14(15)16/h8,11,13,15H,5-7H2,1-4H3/t11-,13-,15+/m0/s1. The fraction of sp³-hybridized carbons (Fsp3) is 0.667. The zero-order valence-electron chi connectivity index (χ0n) is 10.8. The van der Waals surface area contributed by atoms with Crippen LogP contribution in [0.15, 0.2) is 22.8 Å². The molecule has 1 heteroatoms. The van der Waals surface area contributed by atoms with E-state index in [2.05, 4.69) is 27.7 Å². The Balaban J connectivity index is 2.40. The van der Waals surface area contributed by atoms with Crippen molar-refractivity contribution in [3.8, 4) is 0 Å². The minimum Gasteiger partial charge on any atom is -0.295 e. The van der Waals surface area contributed by atoms with Crippen molar-refractivity contribution in [2.45, 2.75) is 47.0 Å². The number of ketones is 1. The van der Waals surface area contributed by atoms with Crippen molar-refractivity contribution >= 4 is 5.78 Å². The topological polar surface area (TPSA) is 17.1 Å². The van der Waals surface area contributed by atoms with Crippen LogP contribution in [0.25, 0.3) is 0 Å². The molecule has 1 fully saturated rings. The fourth-order valence-corrected chi connectivity index (χ4v) is 3.46. The molecule has 0 spiro atoms. The molecule has 2 aliphatic rings. The number of fused-ring (bicyclic) bond motifs is 1. The largest absolute Gasteiger partial charge is 0.295 e. The Kier molecular flexibility index (Phi) is 3.05. The third-order valence-electron chi connectivity index (χ3n) is 4.26. The lowest BCUT2D eigenvalue weighted by Crippen LogP contribution is -2.37. The Morgan fingerprint density at radius 1 is 1.38 bits per heavy atom. The summed E-state index contributed by atoms with van der Waals surface area (Å²) in [5.74, 6) is 1.71. The van der Waals surface area contributed by atoms with Crippen LogP contribution >= 0.6 is 0 Å². The summed E-state index contributed by atoms with van der Waals surface area (Å²) in [6, 6.07) is 0. The maximum atomic E-state index is 12.1. The van der Waals surface area contributed by atoms with Gasteiger partial charge in [-0.3, -0.25) is 4.79 Å². The molecule has 0 aliphatic heterocycles. The normalized spacial score (nSPS) is 34.5. The highest BCUT2D eigenvalue weighted by atomic mass is 16.1. The maximum Gasteiger partial charge on any atom is 0.159 e. The first kappa shape index (κ1) is 11.6. The number of hydrogen-bond acceptors (Lipinski definition) is 1. The zero-order chi connectivity index (χ0) is 11.9. The quantitative estimate of drug-likeness (QED) is 0.563. The van der Waals surface area contributed by atoms with Crippen LogP contribution in [0.3, 0.4) is 0 Å². The van der Waals surface area contributed by atoms with Crippen LogP contribution in [-0.4, -0.2) is 5.78 Å². The molecule has 0 heterocycles. The van der Waals surface area contributed by atoms with Crippen molar-refractivity contribution in [1.29, 1.82) is 0 Å². The van der Waals surface area contributed by atoms with Crippen molar-refractivity contribution in [1.82, 2.24) is 0 Å². The Morgan fingerprint density at radius 3 is 2.69 bits per heavy atom. The molecule has 1 nitrogen and oxygen atoms in total. The van der Waals surface area contributed by atoms with Gasteiger partial charge >= 0.3 is 0 Å². The fourth-order valence-electron chi connectivity index (χ4n) is 3.46. The van der Waals surface area contributed by atoms with E-state index in [1.807, 2.05) is 6.08 Å². The summed E-state index contributed by atoms with van der Waals surface area (Å²) in [4.78, 5) is 12.1. The van der Waals surface area contributed by atoms with E-state index in [1.54, 1.807) is 5.57 Å². The average molecular weight is 218 g/mol. The van der Waals surface area contributed by atoms with E-state index in [0.29, 0.717) is 17.6 Å². The molecule has 2 aliphatic carbocycles. The van der Waals surface area contributed by atoms with Gasteiger partial charge in [0.05, 0.1) is 0 Å². The lowest BCUT2D eigenvalue weighted by atomic mass is 9.63. The Hall–Kier alpha value is -0.850. The molecule has 0 aromatic rings. The Bertz CT molecular complexity index is 369. The van der Waals surface area contributed by atoms with Gasteiger partial charge in [-0.15, -0.1) is 0 Å². The molecule has 0 aromatic heterocycles. The van der Waals surface area contributed by atoms with Gasteiger partial charge in [-0.2, -0.15) is 0 Å². The third kappa shape index (κ3) is 1.88. The lowest BCUT2D eigenvalue weighted by molar-refractivity contribution is -0.122. The third-order valence-corrected chi connectivity index (χ3v) is 4.26. The summed E-state index contributed by atoms with van der Waals surface area (Å²) >= 11 is 0. The molecule has 16 heavy (non-hydrogen) atoms. The first-order valence-electron chi connectivity index (χ1n) is 6.38. The number of rotatable bonds is 0. The predicted octanol–water partition coefficient (Wildman–Crippen LogP) is 3.90. The van der Waals surface area contributed by atoms with Gasteiger partial charge in [-0.1, -0.05) is 23.6 Å². The van der Waals surface area contributed by atoms with E-state index >= 15 is 0 Å². The lowest BCUT2D eigenvalue weighted by Gasteiger charge is -2.40. The highest BCUT2D eigenvalue weighted by molar-refractivity contribution is 5.94. The summed E-state index contributed by atoms with van der Waals surface area (Å²) in [5, 5.41) is 0. The SMILES string of the molecule is CC1=CC(=O)[C@@H]2[C@@H](C)CCC(=C(C)C)[C@@H]2C1. The van der Waals surface area contributed by atoms with Crippen LogP contribution in [0.2, 0.25) is 0 Å². The Morgan fingerprint density at radius 2 is 2.06 bits per heavy atom. The predicted molar refractivity (Wildman–Crippen MR) is 67.1 cm³/mol. The van der Waals surface area contributed by atoms with Crippen LogP contribution < -0.4 is 0 Å². The summed E-state index contributed by atoms with van der Waals surface area (Å²) < 4.78 is 0. The Labute approximate surface area is 98.6 Å². The number of carbonyl (C=O) groups is 1. The second-order valence-corrected chi connectivity index (χ2v) is 5.77. The van der Waals surface area contributed by atoms with Gasteiger partial charge in [0.25, 0.3) is 0 Å². The highest BCUT2D eigenvalue weighted by Crippen LogP contribution is 2.45. The zero-order valence-corrected chi connectivity index (χ0v) is 10.8. The van der Waals surface area contributed by atoms with Crippen molar-refractivity contribution in [2.75, 3.05) is 0 Å². The van der Waals surface area contributed by atoms with Crippen molar-refractivity contribution in [3.05, 3.63) is 22.8 Å². The van der Waals surface area contributed by atoms with E-state index in [-0.39, 0.29) is 5.92 Å². The van der Waals surface area contributed by atoms with Gasteiger partial charge in [-0.05, 0) is 57.9 Å². The van der Waals surface area contributed by atoms with Crippen LogP contribution in [0.4, 0.5) is 0 Å². The molecule has 88 valence electrons. The molecular formula is C15H22O. The summed E-state index contributed by atoms with van der Waals surface area (Å²) in [5.41, 5.74) is 4.26. The summed E-state index contributed by atoms with van der Waals surface area (Å²) in [6.07, 6.45) is 5.36. The van der Waals surface area contributed by atoms with Crippen molar-refractivity contribution in [2.24, 2.45) is 17.8 Å². The van der Waals surface area contributed by atoms with E-state index in [0.717, 1.165) is 6.42 Å². The van der Waals surface area contributed by atoms with Crippen LogP contribution in [-0.2, 0) is 4.79 Å². The summed E-state index contributed by atoms with van der Waals surface area (Å²) in [6.45, 7) is 8.73. The van der Waals surface area contributed by atoms with Gasteiger partial charge in [0.15, 0.2) is 5.78 Å². The van der Waals surface area contributed by atoms with Gasteiger partial charge in [0.1, 0.15) is 0 Å². The molecule has 0 N–H and O–H groups in total. The maximum absolute atomic E-state index is 12.1. The van der Waals surface area contributed by atoms with Crippen molar-refractivity contribution < 1.29 is 4.79 Å². The van der Waals surface area contributed by atoms with Gasteiger partial charge in [0, 0.05) is 5.92 Å². The van der Waals surface area contributed by atoms with Crippen LogP contribution in [0, 0.1) is 17.8 Å².